The topological polar surface area (TPSA) is 108 Å². The number of amides is 2. The van der Waals surface area contributed by atoms with Gasteiger partial charge in [0.15, 0.2) is 0 Å². The van der Waals surface area contributed by atoms with Crippen molar-refractivity contribution in [1.82, 2.24) is 20.1 Å². The third-order valence-electron chi connectivity index (χ3n) is 4.63. The second-order valence-electron chi connectivity index (χ2n) is 6.15. The Morgan fingerprint density at radius 2 is 1.81 bits per heavy atom. The Kier molecular flexibility index (Phi) is 4.00. The standard InChI is InChI=1S/C18H18N6O2/c19-16(25)13-4-2-6-20-17(13)23-7-9-24(10-8-23)18(26)12-3-1-5-15-14(12)11-21-22-15/h1-6,11H,7-10H2,(H2,19,25)(H,21,22). The number of hydrogen-bond acceptors (Lipinski definition) is 5. The molecule has 3 N–H and O–H groups in total. The van der Waals surface area contributed by atoms with Gasteiger partial charge in [0, 0.05) is 37.8 Å². The maximum Gasteiger partial charge on any atom is 0.254 e. The van der Waals surface area contributed by atoms with Gasteiger partial charge in [-0.3, -0.25) is 14.7 Å². The number of piperazine rings is 1. The minimum Gasteiger partial charge on any atom is -0.365 e. The Balaban J connectivity index is 1.51. The molecule has 0 atom stereocenters. The lowest BCUT2D eigenvalue weighted by Gasteiger charge is -2.36. The van der Waals surface area contributed by atoms with E-state index in [1.165, 1.54) is 0 Å². The average Bonchev–Trinajstić information content (AvgIpc) is 3.16. The molecular weight excluding hydrogens is 332 g/mol. The molecule has 0 aliphatic carbocycles. The van der Waals surface area contributed by atoms with E-state index < -0.39 is 5.91 Å². The Morgan fingerprint density at radius 3 is 2.58 bits per heavy atom. The summed E-state index contributed by atoms with van der Waals surface area (Å²) in [6.07, 6.45) is 3.31. The molecule has 1 aliphatic heterocycles. The van der Waals surface area contributed by atoms with Gasteiger partial charge in [-0.2, -0.15) is 5.10 Å². The summed E-state index contributed by atoms with van der Waals surface area (Å²) in [7, 11) is 0. The maximum absolute atomic E-state index is 12.9. The summed E-state index contributed by atoms with van der Waals surface area (Å²) >= 11 is 0. The zero-order valence-corrected chi connectivity index (χ0v) is 14.1. The van der Waals surface area contributed by atoms with Crippen molar-refractivity contribution in [3.05, 3.63) is 53.9 Å². The molecule has 4 rings (SSSR count). The number of aromatic nitrogens is 3. The van der Waals surface area contributed by atoms with Crippen LogP contribution in [0.4, 0.5) is 5.82 Å². The highest BCUT2D eigenvalue weighted by Crippen LogP contribution is 2.21. The van der Waals surface area contributed by atoms with Gasteiger partial charge in [0.25, 0.3) is 11.8 Å². The number of pyridine rings is 1. The molecule has 0 bridgehead atoms. The number of rotatable bonds is 3. The second-order valence-corrected chi connectivity index (χ2v) is 6.15. The first-order valence-electron chi connectivity index (χ1n) is 8.36. The van der Waals surface area contributed by atoms with E-state index in [4.69, 9.17) is 5.73 Å². The van der Waals surface area contributed by atoms with Crippen molar-refractivity contribution in [2.75, 3.05) is 31.1 Å². The Bertz CT molecular complexity index is 974. The van der Waals surface area contributed by atoms with E-state index in [0.29, 0.717) is 43.1 Å². The molecule has 0 spiro atoms. The number of anilines is 1. The number of carbonyl (C=O) groups is 2. The van der Waals surface area contributed by atoms with Gasteiger partial charge in [-0.05, 0) is 24.3 Å². The van der Waals surface area contributed by atoms with E-state index in [9.17, 15) is 9.59 Å². The van der Waals surface area contributed by atoms with Crippen LogP contribution in [0.3, 0.4) is 0 Å². The van der Waals surface area contributed by atoms with Gasteiger partial charge in [-0.1, -0.05) is 6.07 Å². The zero-order chi connectivity index (χ0) is 18.1. The van der Waals surface area contributed by atoms with Crippen molar-refractivity contribution >= 4 is 28.5 Å². The third-order valence-corrected chi connectivity index (χ3v) is 4.63. The van der Waals surface area contributed by atoms with Crippen molar-refractivity contribution in [2.24, 2.45) is 5.73 Å². The molecular formula is C18H18N6O2. The Labute approximate surface area is 149 Å². The summed E-state index contributed by atoms with van der Waals surface area (Å²) < 4.78 is 0. The van der Waals surface area contributed by atoms with Crippen LogP contribution in [-0.4, -0.2) is 58.1 Å². The minimum absolute atomic E-state index is 0.0206. The summed E-state index contributed by atoms with van der Waals surface area (Å²) in [4.78, 5) is 32.6. The fourth-order valence-electron chi connectivity index (χ4n) is 3.29. The van der Waals surface area contributed by atoms with Gasteiger partial charge < -0.3 is 15.5 Å². The highest BCUT2D eigenvalue weighted by Gasteiger charge is 2.26. The predicted molar refractivity (Wildman–Crippen MR) is 97.0 cm³/mol. The van der Waals surface area contributed by atoms with Gasteiger partial charge in [-0.15, -0.1) is 0 Å². The maximum atomic E-state index is 12.9. The zero-order valence-electron chi connectivity index (χ0n) is 14.1. The number of nitrogens with one attached hydrogen (secondary N) is 1. The highest BCUT2D eigenvalue weighted by molar-refractivity contribution is 6.06. The minimum atomic E-state index is -0.502. The Morgan fingerprint density at radius 1 is 1.04 bits per heavy atom. The van der Waals surface area contributed by atoms with Gasteiger partial charge >= 0.3 is 0 Å². The largest absolute Gasteiger partial charge is 0.365 e. The van der Waals surface area contributed by atoms with E-state index >= 15 is 0 Å². The van der Waals surface area contributed by atoms with E-state index in [-0.39, 0.29) is 5.91 Å². The number of nitrogens with zero attached hydrogens (tertiary/aromatic N) is 4. The predicted octanol–water partition coefficient (Wildman–Crippen LogP) is 1.02. The summed E-state index contributed by atoms with van der Waals surface area (Å²) in [6.45, 7) is 2.26. The second kappa shape index (κ2) is 6.47. The molecule has 26 heavy (non-hydrogen) atoms. The average molecular weight is 350 g/mol. The van der Waals surface area contributed by atoms with Crippen LogP contribution in [-0.2, 0) is 0 Å². The van der Waals surface area contributed by atoms with Gasteiger partial charge in [0.1, 0.15) is 5.82 Å². The summed E-state index contributed by atoms with van der Waals surface area (Å²) in [5.41, 5.74) is 7.32. The SMILES string of the molecule is NC(=O)c1cccnc1N1CCN(C(=O)c2cccc3[nH]ncc23)CC1. The molecule has 0 unspecified atom stereocenters. The van der Waals surface area contributed by atoms with Gasteiger partial charge in [-0.25, -0.2) is 4.98 Å². The van der Waals surface area contributed by atoms with Crippen LogP contribution in [0.1, 0.15) is 20.7 Å². The number of hydrogen-bond donors (Lipinski definition) is 2. The lowest BCUT2D eigenvalue weighted by molar-refractivity contribution is 0.0747. The quantitative estimate of drug-likeness (QED) is 0.733. The van der Waals surface area contributed by atoms with Crippen LogP contribution < -0.4 is 10.6 Å². The van der Waals surface area contributed by atoms with E-state index in [1.807, 2.05) is 28.0 Å². The van der Waals surface area contributed by atoms with Crippen molar-refractivity contribution < 1.29 is 9.59 Å². The monoisotopic (exact) mass is 350 g/mol. The van der Waals surface area contributed by atoms with Crippen LogP contribution in [0.25, 0.3) is 10.9 Å². The summed E-state index contributed by atoms with van der Waals surface area (Å²) in [5, 5.41) is 7.71. The normalized spacial score (nSPS) is 14.6. The van der Waals surface area contributed by atoms with Crippen LogP contribution in [0, 0.1) is 0 Å². The first-order chi connectivity index (χ1) is 12.6. The number of primary amides is 1. The fraction of sp³-hybridized carbons (Fsp3) is 0.222. The van der Waals surface area contributed by atoms with Crippen LogP contribution in [0.2, 0.25) is 0 Å². The molecule has 3 aromatic rings. The first-order valence-corrected chi connectivity index (χ1v) is 8.36. The molecule has 3 heterocycles. The molecule has 8 heteroatoms. The van der Waals surface area contributed by atoms with E-state index in [0.717, 1.165) is 10.9 Å². The lowest BCUT2D eigenvalue weighted by atomic mass is 10.1. The van der Waals surface area contributed by atoms with Gasteiger partial charge in [0.05, 0.1) is 22.8 Å². The highest BCUT2D eigenvalue weighted by atomic mass is 16.2. The summed E-state index contributed by atoms with van der Waals surface area (Å²) in [5.74, 6) is 0.0510. The molecule has 1 aliphatic rings. The number of benzene rings is 1. The fourth-order valence-corrected chi connectivity index (χ4v) is 3.29. The number of aromatic amines is 1. The number of H-pyrrole nitrogens is 1. The summed E-state index contributed by atoms with van der Waals surface area (Å²) in [6, 6.07) is 8.91. The van der Waals surface area contributed by atoms with Crippen molar-refractivity contribution in [3.8, 4) is 0 Å². The van der Waals surface area contributed by atoms with Gasteiger partial charge in [0.2, 0.25) is 0 Å². The molecule has 8 nitrogen and oxygen atoms in total. The van der Waals surface area contributed by atoms with E-state index in [2.05, 4.69) is 15.2 Å². The molecule has 2 aromatic heterocycles. The molecule has 0 saturated carbocycles. The van der Waals surface area contributed by atoms with Crippen molar-refractivity contribution in [1.29, 1.82) is 0 Å². The van der Waals surface area contributed by atoms with Crippen molar-refractivity contribution in [2.45, 2.75) is 0 Å². The number of fused-ring (bicyclic) bond motifs is 1. The third kappa shape index (κ3) is 2.75. The number of carbonyl (C=O) groups excluding carboxylic acids is 2. The van der Waals surface area contributed by atoms with Crippen LogP contribution >= 0.6 is 0 Å². The van der Waals surface area contributed by atoms with E-state index in [1.54, 1.807) is 24.5 Å². The molecule has 2 amide bonds. The molecule has 132 valence electrons. The molecule has 1 aromatic carbocycles. The number of nitrogens with two attached hydrogens (primary N) is 1. The molecule has 1 fully saturated rings. The molecule has 1 saturated heterocycles. The lowest BCUT2D eigenvalue weighted by Crippen LogP contribution is -2.49. The molecule has 0 radical (unpaired) electrons. The Hall–Kier alpha value is -3.42. The van der Waals surface area contributed by atoms with Crippen LogP contribution in [0.15, 0.2) is 42.7 Å². The van der Waals surface area contributed by atoms with Crippen molar-refractivity contribution in [3.63, 3.8) is 0 Å². The first kappa shape index (κ1) is 16.1. The van der Waals surface area contributed by atoms with Crippen LogP contribution in [0.5, 0.6) is 0 Å². The smallest absolute Gasteiger partial charge is 0.254 e.